The number of rotatable bonds is 8. The van der Waals surface area contributed by atoms with E-state index in [0.29, 0.717) is 12.4 Å². The van der Waals surface area contributed by atoms with Crippen molar-refractivity contribution in [1.29, 1.82) is 0 Å². The van der Waals surface area contributed by atoms with E-state index in [0.717, 1.165) is 25.3 Å². The van der Waals surface area contributed by atoms with Crippen LogP contribution in [0.4, 0.5) is 5.82 Å². The molecule has 106 valence electrons. The fourth-order valence-electron chi connectivity index (χ4n) is 1.91. The second-order valence-corrected chi connectivity index (χ2v) is 6.66. The summed E-state index contributed by atoms with van der Waals surface area (Å²) in [4.78, 5) is 4.29. The van der Waals surface area contributed by atoms with Crippen molar-refractivity contribution in [1.82, 2.24) is 9.71 Å². The zero-order valence-electron chi connectivity index (χ0n) is 11.2. The summed E-state index contributed by atoms with van der Waals surface area (Å²) < 4.78 is 26.6. The number of sulfonamides is 1. The van der Waals surface area contributed by atoms with Crippen LogP contribution in [0, 0.1) is 5.92 Å². The lowest BCUT2D eigenvalue weighted by molar-refractivity contribution is 0.572. The molecular formula is C13H21N3O2S. The van der Waals surface area contributed by atoms with Crippen molar-refractivity contribution in [2.24, 2.45) is 5.92 Å². The first-order chi connectivity index (χ1) is 9.12. The lowest BCUT2D eigenvalue weighted by atomic mass is 10.2. The van der Waals surface area contributed by atoms with E-state index in [1.54, 1.807) is 12.1 Å². The summed E-state index contributed by atoms with van der Waals surface area (Å²) in [6, 6.07) is 3.26. The molecule has 1 aliphatic rings. The summed E-state index contributed by atoms with van der Waals surface area (Å²) in [6.45, 7) is 3.24. The average Bonchev–Trinajstić information content (AvgIpc) is 3.20. The Kier molecular flexibility index (Phi) is 4.76. The Morgan fingerprint density at radius 2 is 2.16 bits per heavy atom. The Labute approximate surface area is 114 Å². The lowest BCUT2D eigenvalue weighted by Crippen LogP contribution is -2.25. The normalized spacial score (nSPS) is 15.4. The quantitative estimate of drug-likeness (QED) is 0.716. The van der Waals surface area contributed by atoms with Gasteiger partial charge in [0, 0.05) is 19.3 Å². The standard InChI is InChI=1S/C13H21N3O2S/c1-2-14-13-8-7-12(10-15-13)19(17,18)16-9-3-4-11-5-6-11/h7-8,10-11,16H,2-6,9H2,1H3,(H,14,15). The van der Waals surface area contributed by atoms with E-state index in [1.807, 2.05) is 6.92 Å². The fourth-order valence-corrected chi connectivity index (χ4v) is 2.93. The molecule has 1 aliphatic carbocycles. The molecule has 2 rings (SSSR count). The molecule has 0 amide bonds. The van der Waals surface area contributed by atoms with E-state index < -0.39 is 10.0 Å². The van der Waals surface area contributed by atoms with Crippen molar-refractivity contribution in [2.75, 3.05) is 18.4 Å². The summed E-state index contributed by atoms with van der Waals surface area (Å²) >= 11 is 0. The van der Waals surface area contributed by atoms with Gasteiger partial charge in [0.05, 0.1) is 0 Å². The van der Waals surface area contributed by atoms with Crippen molar-refractivity contribution in [3.63, 3.8) is 0 Å². The third-order valence-corrected chi connectivity index (χ3v) is 4.63. The highest BCUT2D eigenvalue weighted by atomic mass is 32.2. The Hall–Kier alpha value is -1.14. The highest BCUT2D eigenvalue weighted by Gasteiger charge is 2.20. The second kappa shape index (κ2) is 6.34. The molecule has 19 heavy (non-hydrogen) atoms. The first kappa shape index (κ1) is 14.3. The molecule has 1 fully saturated rings. The van der Waals surface area contributed by atoms with E-state index in [2.05, 4.69) is 15.0 Å². The zero-order chi connectivity index (χ0) is 13.7. The third-order valence-electron chi connectivity index (χ3n) is 3.18. The topological polar surface area (TPSA) is 71.1 Å². The van der Waals surface area contributed by atoms with Crippen molar-refractivity contribution >= 4 is 15.8 Å². The maximum atomic E-state index is 12.0. The van der Waals surface area contributed by atoms with E-state index >= 15 is 0 Å². The van der Waals surface area contributed by atoms with Gasteiger partial charge in [-0.25, -0.2) is 18.1 Å². The van der Waals surface area contributed by atoms with Crippen LogP contribution in [0.5, 0.6) is 0 Å². The van der Waals surface area contributed by atoms with Crippen LogP contribution >= 0.6 is 0 Å². The number of hydrogen-bond donors (Lipinski definition) is 2. The third kappa shape index (κ3) is 4.47. The summed E-state index contributed by atoms with van der Waals surface area (Å²) in [7, 11) is -3.41. The molecule has 0 unspecified atom stereocenters. The maximum Gasteiger partial charge on any atom is 0.242 e. The average molecular weight is 283 g/mol. The van der Waals surface area contributed by atoms with Gasteiger partial charge < -0.3 is 5.32 Å². The molecule has 0 atom stereocenters. The largest absolute Gasteiger partial charge is 0.370 e. The molecule has 1 aromatic heterocycles. The molecule has 0 bridgehead atoms. The fraction of sp³-hybridized carbons (Fsp3) is 0.615. The Balaban J connectivity index is 1.86. The lowest BCUT2D eigenvalue weighted by Gasteiger charge is -2.07. The van der Waals surface area contributed by atoms with E-state index in [1.165, 1.54) is 19.0 Å². The highest BCUT2D eigenvalue weighted by molar-refractivity contribution is 7.89. The van der Waals surface area contributed by atoms with Crippen molar-refractivity contribution in [3.05, 3.63) is 18.3 Å². The number of nitrogens with one attached hydrogen (secondary N) is 2. The van der Waals surface area contributed by atoms with E-state index in [-0.39, 0.29) is 4.90 Å². The number of aromatic nitrogens is 1. The summed E-state index contributed by atoms with van der Waals surface area (Å²) in [5.41, 5.74) is 0. The van der Waals surface area contributed by atoms with Crippen LogP contribution in [0.15, 0.2) is 23.2 Å². The molecule has 0 aliphatic heterocycles. The molecule has 1 aromatic rings. The SMILES string of the molecule is CCNc1ccc(S(=O)(=O)NCCCC2CC2)cn1. The molecule has 0 radical (unpaired) electrons. The first-order valence-electron chi connectivity index (χ1n) is 6.81. The van der Waals surface area contributed by atoms with Gasteiger partial charge in [-0.15, -0.1) is 0 Å². The van der Waals surface area contributed by atoms with Crippen LogP contribution in [-0.2, 0) is 10.0 Å². The number of pyridine rings is 1. The maximum absolute atomic E-state index is 12.0. The molecule has 1 saturated carbocycles. The predicted molar refractivity (Wildman–Crippen MR) is 75.5 cm³/mol. The minimum Gasteiger partial charge on any atom is -0.370 e. The summed E-state index contributed by atoms with van der Waals surface area (Å²) in [5, 5.41) is 3.03. The van der Waals surface area contributed by atoms with E-state index in [9.17, 15) is 8.42 Å². The molecule has 0 spiro atoms. The van der Waals surface area contributed by atoms with Crippen LogP contribution < -0.4 is 10.0 Å². The van der Waals surface area contributed by atoms with Gasteiger partial charge in [0.25, 0.3) is 0 Å². The first-order valence-corrected chi connectivity index (χ1v) is 8.29. The van der Waals surface area contributed by atoms with Gasteiger partial charge in [-0.3, -0.25) is 0 Å². The van der Waals surface area contributed by atoms with Gasteiger partial charge in [-0.05, 0) is 37.8 Å². The smallest absolute Gasteiger partial charge is 0.242 e. The van der Waals surface area contributed by atoms with Crippen LogP contribution in [0.3, 0.4) is 0 Å². The van der Waals surface area contributed by atoms with Gasteiger partial charge in [0.1, 0.15) is 10.7 Å². The Morgan fingerprint density at radius 3 is 2.74 bits per heavy atom. The monoisotopic (exact) mass is 283 g/mol. The van der Waals surface area contributed by atoms with Gasteiger partial charge in [-0.1, -0.05) is 12.8 Å². The molecule has 6 heteroatoms. The molecule has 0 aromatic carbocycles. The van der Waals surface area contributed by atoms with E-state index in [4.69, 9.17) is 0 Å². The second-order valence-electron chi connectivity index (χ2n) is 4.89. The minimum atomic E-state index is -3.41. The predicted octanol–water partition coefficient (Wildman–Crippen LogP) is 1.98. The van der Waals surface area contributed by atoms with Crippen molar-refractivity contribution in [3.8, 4) is 0 Å². The number of nitrogens with zero attached hydrogens (tertiary/aromatic N) is 1. The van der Waals surface area contributed by atoms with Gasteiger partial charge in [-0.2, -0.15) is 0 Å². The summed E-state index contributed by atoms with van der Waals surface area (Å²) in [5.74, 6) is 1.53. The molecule has 1 heterocycles. The van der Waals surface area contributed by atoms with Gasteiger partial charge >= 0.3 is 0 Å². The van der Waals surface area contributed by atoms with Gasteiger partial charge in [0.2, 0.25) is 10.0 Å². The van der Waals surface area contributed by atoms with Crippen LogP contribution in [0.25, 0.3) is 0 Å². The van der Waals surface area contributed by atoms with Gasteiger partial charge in [0.15, 0.2) is 0 Å². The summed E-state index contributed by atoms with van der Waals surface area (Å²) in [6.07, 6.45) is 6.04. The Bertz CT molecular complexity index is 495. The number of anilines is 1. The van der Waals surface area contributed by atoms with Crippen LogP contribution in [0.1, 0.15) is 32.6 Å². The highest BCUT2D eigenvalue weighted by Crippen LogP contribution is 2.33. The van der Waals surface area contributed by atoms with Crippen LogP contribution in [-0.4, -0.2) is 26.5 Å². The van der Waals surface area contributed by atoms with Crippen molar-refractivity contribution in [2.45, 2.75) is 37.5 Å². The molecule has 0 saturated heterocycles. The molecule has 2 N–H and O–H groups in total. The molecular weight excluding hydrogens is 262 g/mol. The Morgan fingerprint density at radius 1 is 1.37 bits per heavy atom. The van der Waals surface area contributed by atoms with Crippen molar-refractivity contribution < 1.29 is 8.42 Å². The van der Waals surface area contributed by atoms with Crippen LogP contribution in [0.2, 0.25) is 0 Å². The zero-order valence-corrected chi connectivity index (χ0v) is 12.0. The molecule has 5 nitrogen and oxygen atoms in total. The number of hydrogen-bond acceptors (Lipinski definition) is 4. The minimum absolute atomic E-state index is 0.223.